The summed E-state index contributed by atoms with van der Waals surface area (Å²) in [4.78, 5) is 24.9. The van der Waals surface area contributed by atoms with Crippen molar-refractivity contribution in [3.05, 3.63) is 23.0 Å². The number of nitrogens with zero attached hydrogens (tertiary/aromatic N) is 1. The number of likely N-dealkylation sites (tertiary alicyclic amines) is 1. The van der Waals surface area contributed by atoms with Crippen LogP contribution in [0.5, 0.6) is 0 Å². The molecule has 2 atom stereocenters. The van der Waals surface area contributed by atoms with Gasteiger partial charge in [0.05, 0.1) is 5.82 Å². The van der Waals surface area contributed by atoms with Gasteiger partial charge in [-0.25, -0.2) is 0 Å². The first-order valence-electron chi connectivity index (χ1n) is 11.7. The van der Waals surface area contributed by atoms with Crippen LogP contribution in [-0.2, 0) is 9.59 Å². The standard InChI is InChI=1S/C23H38N4O3/c24-23-19(6-4-12-25-23)15-18-10-9-17(18)5-1-2-13-27-14-11-20(16-27)26-21(28)7-3-8-22(29)30/h15,17,20,25H,1-14,16,24H2,(H,26,28)(H,29,30)/b18-15-. The van der Waals surface area contributed by atoms with Crippen LogP contribution in [0.3, 0.4) is 0 Å². The number of hydrogen-bond donors (Lipinski definition) is 4. The van der Waals surface area contributed by atoms with Crippen molar-refractivity contribution in [2.75, 3.05) is 26.2 Å². The highest BCUT2D eigenvalue weighted by molar-refractivity contribution is 5.77. The molecule has 5 N–H and O–H groups in total. The van der Waals surface area contributed by atoms with Crippen LogP contribution in [0.2, 0.25) is 0 Å². The summed E-state index contributed by atoms with van der Waals surface area (Å²) in [5.74, 6) is 0.753. The SMILES string of the molecule is NC1=C(/C=C2/CCC2CCCCN2CCC(NC(=O)CCCC(=O)O)C2)CCCN1. The number of carboxylic acid groups (broad SMARTS) is 1. The zero-order chi connectivity index (χ0) is 21.3. The lowest BCUT2D eigenvalue weighted by molar-refractivity contribution is -0.137. The molecule has 0 aromatic rings. The van der Waals surface area contributed by atoms with Crippen molar-refractivity contribution in [1.82, 2.24) is 15.5 Å². The molecular weight excluding hydrogens is 380 g/mol. The summed E-state index contributed by atoms with van der Waals surface area (Å²) in [6, 6.07) is 0.214. The van der Waals surface area contributed by atoms with Gasteiger partial charge in [-0.3, -0.25) is 9.59 Å². The molecule has 2 fully saturated rings. The van der Waals surface area contributed by atoms with Crippen molar-refractivity contribution >= 4 is 11.9 Å². The number of allylic oxidation sites excluding steroid dienone is 3. The fourth-order valence-corrected chi connectivity index (χ4v) is 4.74. The fraction of sp³-hybridized carbons (Fsp3) is 0.739. The van der Waals surface area contributed by atoms with Gasteiger partial charge in [0.2, 0.25) is 5.91 Å². The topological polar surface area (TPSA) is 108 Å². The van der Waals surface area contributed by atoms with E-state index in [0.717, 1.165) is 50.8 Å². The third-order valence-electron chi connectivity index (χ3n) is 6.66. The first-order chi connectivity index (χ1) is 14.5. The van der Waals surface area contributed by atoms with Crippen molar-refractivity contribution in [2.24, 2.45) is 11.7 Å². The Morgan fingerprint density at radius 3 is 2.80 bits per heavy atom. The van der Waals surface area contributed by atoms with Gasteiger partial charge in [0.25, 0.3) is 0 Å². The second kappa shape index (κ2) is 11.4. The molecule has 1 saturated heterocycles. The zero-order valence-electron chi connectivity index (χ0n) is 18.1. The van der Waals surface area contributed by atoms with Gasteiger partial charge in [-0.15, -0.1) is 0 Å². The Hall–Kier alpha value is -2.02. The lowest BCUT2D eigenvalue weighted by atomic mass is 9.75. The van der Waals surface area contributed by atoms with Gasteiger partial charge in [0, 0.05) is 38.5 Å². The Bertz CT molecular complexity index is 673. The molecule has 0 radical (unpaired) electrons. The highest BCUT2D eigenvalue weighted by atomic mass is 16.4. The van der Waals surface area contributed by atoms with Crippen LogP contribution in [0.25, 0.3) is 0 Å². The Morgan fingerprint density at radius 2 is 2.07 bits per heavy atom. The molecule has 2 heterocycles. The van der Waals surface area contributed by atoms with Crippen molar-refractivity contribution in [2.45, 2.75) is 76.7 Å². The van der Waals surface area contributed by atoms with E-state index in [2.05, 4.69) is 21.6 Å². The zero-order valence-corrected chi connectivity index (χ0v) is 18.1. The number of hydrogen-bond acceptors (Lipinski definition) is 5. The minimum Gasteiger partial charge on any atom is -0.481 e. The number of nitrogens with one attached hydrogen (secondary N) is 2. The molecule has 3 rings (SSSR count). The number of amides is 1. The predicted octanol–water partition coefficient (Wildman–Crippen LogP) is 2.49. The van der Waals surface area contributed by atoms with E-state index in [0.29, 0.717) is 12.8 Å². The van der Waals surface area contributed by atoms with E-state index in [1.165, 1.54) is 44.1 Å². The quantitative estimate of drug-likeness (QED) is 0.384. The molecule has 0 bridgehead atoms. The molecule has 30 heavy (non-hydrogen) atoms. The average molecular weight is 419 g/mol. The van der Waals surface area contributed by atoms with E-state index < -0.39 is 5.97 Å². The second-order valence-electron chi connectivity index (χ2n) is 9.02. The van der Waals surface area contributed by atoms with Gasteiger partial charge in [-0.2, -0.15) is 0 Å². The number of carbonyl (C=O) groups is 2. The summed E-state index contributed by atoms with van der Waals surface area (Å²) in [5, 5.41) is 15.0. The van der Waals surface area contributed by atoms with Crippen LogP contribution in [0.1, 0.15) is 70.6 Å². The van der Waals surface area contributed by atoms with Gasteiger partial charge in [0.15, 0.2) is 0 Å². The van der Waals surface area contributed by atoms with Crippen molar-refractivity contribution in [3.63, 3.8) is 0 Å². The second-order valence-corrected chi connectivity index (χ2v) is 9.02. The minimum atomic E-state index is -0.841. The number of unbranched alkanes of at least 4 members (excludes halogenated alkanes) is 1. The Morgan fingerprint density at radius 1 is 1.20 bits per heavy atom. The highest BCUT2D eigenvalue weighted by Gasteiger charge is 2.26. The van der Waals surface area contributed by atoms with Crippen LogP contribution in [0.15, 0.2) is 23.0 Å². The summed E-state index contributed by atoms with van der Waals surface area (Å²) in [7, 11) is 0. The molecule has 7 nitrogen and oxygen atoms in total. The largest absolute Gasteiger partial charge is 0.481 e. The number of nitrogens with two attached hydrogens (primary N) is 1. The van der Waals surface area contributed by atoms with Gasteiger partial charge in [0.1, 0.15) is 0 Å². The van der Waals surface area contributed by atoms with Gasteiger partial charge in [-0.1, -0.05) is 18.1 Å². The molecule has 3 aliphatic rings. The molecule has 1 aliphatic carbocycles. The summed E-state index contributed by atoms with van der Waals surface area (Å²) < 4.78 is 0. The van der Waals surface area contributed by atoms with Gasteiger partial charge >= 0.3 is 5.97 Å². The Balaban J connectivity index is 1.27. The van der Waals surface area contributed by atoms with Crippen LogP contribution >= 0.6 is 0 Å². The lowest BCUT2D eigenvalue weighted by Crippen LogP contribution is -2.37. The monoisotopic (exact) mass is 418 g/mol. The lowest BCUT2D eigenvalue weighted by Gasteiger charge is -2.31. The molecule has 0 aromatic carbocycles. The van der Waals surface area contributed by atoms with Gasteiger partial charge < -0.3 is 26.4 Å². The number of carbonyl (C=O) groups excluding carboxylic acids is 1. The normalized spacial score (nSPS) is 25.8. The minimum absolute atomic E-state index is 0.0173. The Kier molecular flexibility index (Phi) is 8.61. The predicted molar refractivity (Wildman–Crippen MR) is 118 cm³/mol. The van der Waals surface area contributed by atoms with E-state index in [-0.39, 0.29) is 18.4 Å². The maximum Gasteiger partial charge on any atom is 0.303 e. The number of carboxylic acids is 1. The van der Waals surface area contributed by atoms with E-state index >= 15 is 0 Å². The molecule has 7 heteroatoms. The number of rotatable bonds is 11. The molecule has 0 spiro atoms. The van der Waals surface area contributed by atoms with E-state index in [1.54, 1.807) is 5.57 Å². The van der Waals surface area contributed by atoms with Crippen LogP contribution in [0.4, 0.5) is 0 Å². The van der Waals surface area contributed by atoms with Gasteiger partial charge in [-0.05, 0) is 69.4 Å². The van der Waals surface area contributed by atoms with E-state index in [4.69, 9.17) is 10.8 Å². The smallest absolute Gasteiger partial charge is 0.303 e. The maximum atomic E-state index is 11.9. The maximum absolute atomic E-state index is 11.9. The summed E-state index contributed by atoms with van der Waals surface area (Å²) >= 11 is 0. The molecular formula is C23H38N4O3. The molecule has 168 valence electrons. The molecule has 2 unspecified atom stereocenters. The third-order valence-corrected chi connectivity index (χ3v) is 6.66. The van der Waals surface area contributed by atoms with Crippen molar-refractivity contribution in [3.8, 4) is 0 Å². The summed E-state index contributed by atoms with van der Waals surface area (Å²) in [5.41, 5.74) is 8.98. The van der Waals surface area contributed by atoms with Crippen molar-refractivity contribution in [1.29, 1.82) is 0 Å². The van der Waals surface area contributed by atoms with Crippen LogP contribution in [-0.4, -0.2) is 54.1 Å². The summed E-state index contributed by atoms with van der Waals surface area (Å²) in [6.45, 7) is 4.04. The summed E-state index contributed by atoms with van der Waals surface area (Å²) in [6.07, 6.45) is 12.7. The first-order valence-corrected chi connectivity index (χ1v) is 11.7. The fourth-order valence-electron chi connectivity index (χ4n) is 4.74. The number of aliphatic carboxylic acids is 1. The van der Waals surface area contributed by atoms with E-state index in [1.807, 2.05) is 0 Å². The molecule has 1 amide bonds. The third kappa shape index (κ3) is 7.04. The van der Waals surface area contributed by atoms with Crippen LogP contribution in [0, 0.1) is 5.92 Å². The average Bonchev–Trinajstić information content (AvgIpc) is 3.13. The first kappa shape index (κ1) is 22.7. The molecule has 0 aromatic heterocycles. The highest BCUT2D eigenvalue weighted by Crippen LogP contribution is 2.38. The Labute approximate surface area is 180 Å². The molecule has 1 saturated carbocycles. The van der Waals surface area contributed by atoms with Crippen LogP contribution < -0.4 is 16.4 Å². The van der Waals surface area contributed by atoms with Crippen molar-refractivity contribution < 1.29 is 14.7 Å². The molecule has 2 aliphatic heterocycles. The van der Waals surface area contributed by atoms with E-state index in [9.17, 15) is 9.59 Å².